The first-order valence-electron chi connectivity index (χ1n) is 7.13. The first-order valence-corrected chi connectivity index (χ1v) is 7.13. The molecule has 7 heteroatoms. The van der Waals surface area contributed by atoms with Crippen LogP contribution in [0.2, 0.25) is 0 Å². The fraction of sp³-hybridized carbons (Fsp3) is 0.500. The van der Waals surface area contributed by atoms with Gasteiger partial charge in [0.2, 0.25) is 5.91 Å². The lowest BCUT2D eigenvalue weighted by Crippen LogP contribution is -2.42. The Hall–Kier alpha value is -2.31. The summed E-state index contributed by atoms with van der Waals surface area (Å²) in [5.74, 6) is 2.28. The van der Waals surface area contributed by atoms with Gasteiger partial charge >= 0.3 is 0 Å². The second-order valence-corrected chi connectivity index (χ2v) is 5.26. The standard InChI is InChI=1S/C14H18N6O/c1-4-5-19-8-12-17-18-13(20(12)9(2)14(19)21)11-6-15-10(3)16-7-11/h6-7,9H,4-5,8H2,1-3H3/t9-/m0/s1. The van der Waals surface area contributed by atoms with Crippen molar-refractivity contribution in [2.24, 2.45) is 0 Å². The molecular formula is C14H18N6O. The summed E-state index contributed by atoms with van der Waals surface area (Å²) in [6.07, 6.45) is 4.37. The number of aryl methyl sites for hydroxylation is 1. The number of aromatic nitrogens is 5. The minimum Gasteiger partial charge on any atom is -0.333 e. The molecule has 0 spiro atoms. The number of nitrogens with zero attached hydrogens (tertiary/aromatic N) is 6. The Bertz CT molecular complexity index is 663. The van der Waals surface area contributed by atoms with Crippen LogP contribution in [-0.2, 0) is 11.3 Å². The number of carbonyl (C=O) groups is 1. The Kier molecular flexibility index (Phi) is 3.40. The van der Waals surface area contributed by atoms with Gasteiger partial charge < -0.3 is 4.90 Å². The van der Waals surface area contributed by atoms with Crippen molar-refractivity contribution < 1.29 is 4.79 Å². The van der Waals surface area contributed by atoms with E-state index in [4.69, 9.17) is 0 Å². The molecule has 110 valence electrons. The molecule has 21 heavy (non-hydrogen) atoms. The van der Waals surface area contributed by atoms with Crippen LogP contribution in [0.4, 0.5) is 0 Å². The SMILES string of the molecule is CCCN1Cc2nnc(-c3cnc(C)nc3)n2[C@@H](C)C1=O. The van der Waals surface area contributed by atoms with Gasteiger partial charge in [0, 0.05) is 18.9 Å². The molecule has 2 aromatic heterocycles. The second kappa shape index (κ2) is 5.23. The van der Waals surface area contributed by atoms with Gasteiger partial charge in [-0.25, -0.2) is 9.97 Å². The maximum Gasteiger partial charge on any atom is 0.245 e. The van der Waals surface area contributed by atoms with Crippen LogP contribution in [0.3, 0.4) is 0 Å². The summed E-state index contributed by atoms with van der Waals surface area (Å²) < 4.78 is 1.89. The maximum atomic E-state index is 12.4. The van der Waals surface area contributed by atoms with Crippen molar-refractivity contribution in [3.8, 4) is 11.4 Å². The quantitative estimate of drug-likeness (QED) is 0.851. The summed E-state index contributed by atoms with van der Waals surface area (Å²) in [7, 11) is 0. The highest BCUT2D eigenvalue weighted by Crippen LogP contribution is 2.27. The zero-order valence-corrected chi connectivity index (χ0v) is 12.4. The van der Waals surface area contributed by atoms with Gasteiger partial charge in [-0.3, -0.25) is 9.36 Å². The number of hydrogen-bond acceptors (Lipinski definition) is 5. The molecule has 0 aromatic carbocycles. The molecule has 0 aliphatic carbocycles. The molecule has 3 rings (SSSR count). The van der Waals surface area contributed by atoms with Gasteiger partial charge in [0.1, 0.15) is 11.9 Å². The lowest BCUT2D eigenvalue weighted by atomic mass is 10.2. The molecule has 0 radical (unpaired) electrons. The largest absolute Gasteiger partial charge is 0.333 e. The molecule has 0 fully saturated rings. The zero-order chi connectivity index (χ0) is 15.0. The third-order valence-corrected chi connectivity index (χ3v) is 3.69. The van der Waals surface area contributed by atoms with Crippen molar-refractivity contribution in [3.63, 3.8) is 0 Å². The summed E-state index contributed by atoms with van der Waals surface area (Å²) in [5, 5.41) is 8.47. The van der Waals surface area contributed by atoms with Gasteiger partial charge in [-0.1, -0.05) is 6.92 Å². The highest BCUT2D eigenvalue weighted by Gasteiger charge is 2.33. The number of hydrogen-bond donors (Lipinski definition) is 0. The van der Waals surface area contributed by atoms with E-state index in [1.54, 1.807) is 12.4 Å². The molecule has 1 aliphatic heterocycles. The van der Waals surface area contributed by atoms with Crippen LogP contribution in [0.25, 0.3) is 11.4 Å². The minimum absolute atomic E-state index is 0.110. The van der Waals surface area contributed by atoms with Crippen molar-refractivity contribution in [2.75, 3.05) is 6.54 Å². The minimum atomic E-state index is -0.299. The molecule has 1 amide bonds. The van der Waals surface area contributed by atoms with E-state index in [0.717, 1.165) is 24.4 Å². The van der Waals surface area contributed by atoms with Crippen LogP contribution in [-0.4, -0.2) is 42.1 Å². The van der Waals surface area contributed by atoms with Crippen LogP contribution in [0.15, 0.2) is 12.4 Å². The van der Waals surface area contributed by atoms with E-state index in [0.29, 0.717) is 18.2 Å². The third kappa shape index (κ3) is 2.28. The van der Waals surface area contributed by atoms with Crippen molar-refractivity contribution in [1.29, 1.82) is 0 Å². The molecule has 1 aliphatic rings. The Labute approximate surface area is 123 Å². The van der Waals surface area contributed by atoms with E-state index in [1.807, 2.05) is 23.3 Å². The molecule has 0 saturated carbocycles. The van der Waals surface area contributed by atoms with Crippen molar-refractivity contribution >= 4 is 5.91 Å². The van der Waals surface area contributed by atoms with Gasteiger partial charge in [0.25, 0.3) is 0 Å². The van der Waals surface area contributed by atoms with Gasteiger partial charge in [-0.2, -0.15) is 0 Å². The third-order valence-electron chi connectivity index (χ3n) is 3.69. The van der Waals surface area contributed by atoms with Gasteiger partial charge in [-0.15, -0.1) is 10.2 Å². The summed E-state index contributed by atoms with van der Waals surface area (Å²) in [6.45, 7) is 7.04. The Balaban J connectivity index is 2.01. The lowest BCUT2D eigenvalue weighted by Gasteiger charge is -2.31. The first kappa shape index (κ1) is 13.7. The lowest BCUT2D eigenvalue weighted by molar-refractivity contribution is -0.136. The molecule has 0 unspecified atom stereocenters. The van der Waals surface area contributed by atoms with E-state index >= 15 is 0 Å². The number of rotatable bonds is 3. The highest BCUT2D eigenvalue weighted by molar-refractivity contribution is 5.82. The van der Waals surface area contributed by atoms with Gasteiger partial charge in [0.15, 0.2) is 11.6 Å². The molecular weight excluding hydrogens is 268 g/mol. The molecule has 3 heterocycles. The van der Waals surface area contributed by atoms with E-state index in [-0.39, 0.29) is 11.9 Å². The highest BCUT2D eigenvalue weighted by atomic mass is 16.2. The summed E-state index contributed by atoms with van der Waals surface area (Å²) in [4.78, 5) is 22.6. The van der Waals surface area contributed by atoms with E-state index in [9.17, 15) is 4.79 Å². The maximum absolute atomic E-state index is 12.4. The van der Waals surface area contributed by atoms with Crippen molar-refractivity contribution in [1.82, 2.24) is 29.6 Å². The van der Waals surface area contributed by atoms with E-state index in [1.165, 1.54) is 0 Å². The Morgan fingerprint density at radius 1 is 1.29 bits per heavy atom. The average Bonchev–Trinajstić information content (AvgIpc) is 2.89. The Morgan fingerprint density at radius 2 is 2.00 bits per heavy atom. The number of fused-ring (bicyclic) bond motifs is 1. The monoisotopic (exact) mass is 286 g/mol. The molecule has 1 atom stereocenters. The van der Waals surface area contributed by atoms with Crippen LogP contribution >= 0.6 is 0 Å². The van der Waals surface area contributed by atoms with E-state index < -0.39 is 0 Å². The smallest absolute Gasteiger partial charge is 0.245 e. The number of carbonyl (C=O) groups excluding carboxylic acids is 1. The predicted octanol–water partition coefficient (Wildman–Crippen LogP) is 1.36. The summed E-state index contributed by atoms with van der Waals surface area (Å²) in [5.41, 5.74) is 0.781. The zero-order valence-electron chi connectivity index (χ0n) is 12.4. The average molecular weight is 286 g/mol. The first-order chi connectivity index (χ1) is 10.1. The van der Waals surface area contributed by atoms with Crippen LogP contribution in [0, 0.1) is 6.92 Å². The molecule has 0 saturated heterocycles. The molecule has 0 N–H and O–H groups in total. The van der Waals surface area contributed by atoms with Crippen LogP contribution in [0.5, 0.6) is 0 Å². The van der Waals surface area contributed by atoms with Gasteiger partial charge in [0.05, 0.1) is 12.1 Å². The second-order valence-electron chi connectivity index (χ2n) is 5.26. The van der Waals surface area contributed by atoms with Gasteiger partial charge in [-0.05, 0) is 20.3 Å². The molecule has 0 bridgehead atoms. The summed E-state index contributed by atoms with van der Waals surface area (Å²) in [6, 6.07) is -0.299. The Morgan fingerprint density at radius 3 is 2.67 bits per heavy atom. The topological polar surface area (TPSA) is 76.8 Å². The van der Waals surface area contributed by atoms with Crippen molar-refractivity contribution in [3.05, 3.63) is 24.0 Å². The van der Waals surface area contributed by atoms with Crippen molar-refractivity contribution in [2.45, 2.75) is 39.8 Å². The van der Waals surface area contributed by atoms with Crippen LogP contribution < -0.4 is 0 Å². The molecule has 7 nitrogen and oxygen atoms in total. The van der Waals surface area contributed by atoms with Crippen LogP contribution in [0.1, 0.15) is 38.0 Å². The fourth-order valence-electron chi connectivity index (χ4n) is 2.63. The molecule has 2 aromatic rings. The fourth-order valence-corrected chi connectivity index (χ4v) is 2.63. The predicted molar refractivity (Wildman–Crippen MR) is 76.2 cm³/mol. The van der Waals surface area contributed by atoms with E-state index in [2.05, 4.69) is 27.1 Å². The number of amides is 1. The normalized spacial score (nSPS) is 18.0. The summed E-state index contributed by atoms with van der Waals surface area (Å²) >= 11 is 0.